The number of amides is 1. The molecule has 1 saturated heterocycles. The van der Waals surface area contributed by atoms with E-state index in [1.165, 1.54) is 12.8 Å². The highest BCUT2D eigenvalue weighted by Gasteiger charge is 2.47. The maximum atomic E-state index is 13.7. The zero-order valence-corrected chi connectivity index (χ0v) is 24.5. The van der Waals surface area contributed by atoms with E-state index in [2.05, 4.69) is 21.3 Å². The molecule has 3 aliphatic rings. The third-order valence-electron chi connectivity index (χ3n) is 9.86. The number of imidazole rings is 1. The van der Waals surface area contributed by atoms with Crippen LogP contribution >= 0.6 is 0 Å². The van der Waals surface area contributed by atoms with E-state index in [0.717, 1.165) is 76.3 Å². The van der Waals surface area contributed by atoms with Gasteiger partial charge in [-0.15, -0.1) is 0 Å². The van der Waals surface area contributed by atoms with Crippen LogP contribution < -0.4 is 10.5 Å². The van der Waals surface area contributed by atoms with Gasteiger partial charge >= 0.3 is 0 Å². The van der Waals surface area contributed by atoms with Crippen molar-refractivity contribution in [2.45, 2.75) is 50.9 Å². The third kappa shape index (κ3) is 4.24. The zero-order chi connectivity index (χ0) is 29.4. The highest BCUT2D eigenvalue weighted by atomic mass is 16.5. The topological polar surface area (TPSA) is 111 Å². The summed E-state index contributed by atoms with van der Waals surface area (Å²) in [6.07, 6.45) is 4.50. The van der Waals surface area contributed by atoms with E-state index >= 15 is 0 Å². The van der Waals surface area contributed by atoms with Gasteiger partial charge in [-0.25, -0.2) is 9.97 Å². The number of pyridine rings is 1. The van der Waals surface area contributed by atoms with E-state index < -0.39 is 0 Å². The number of nitrogens with two attached hydrogens (primary N) is 1. The molecule has 0 spiro atoms. The summed E-state index contributed by atoms with van der Waals surface area (Å²) >= 11 is 0. The van der Waals surface area contributed by atoms with Crippen molar-refractivity contribution in [2.24, 2.45) is 24.6 Å². The molecule has 5 aromatic rings. The van der Waals surface area contributed by atoms with Crippen molar-refractivity contribution in [1.29, 1.82) is 0 Å². The highest BCUT2D eigenvalue weighted by molar-refractivity contribution is 6.00. The summed E-state index contributed by atoms with van der Waals surface area (Å²) in [6, 6.07) is 18.2. The van der Waals surface area contributed by atoms with E-state index in [-0.39, 0.29) is 24.6 Å². The Morgan fingerprint density at radius 2 is 1.86 bits per heavy atom. The van der Waals surface area contributed by atoms with Crippen LogP contribution in [0.1, 0.15) is 41.6 Å². The van der Waals surface area contributed by atoms with Gasteiger partial charge < -0.3 is 29.6 Å². The second-order valence-corrected chi connectivity index (χ2v) is 12.5. The van der Waals surface area contributed by atoms with E-state index in [9.17, 15) is 9.90 Å². The Kier molecular flexibility index (Phi) is 6.10. The molecule has 3 aromatic heterocycles. The number of hydrogen-bond donors (Lipinski definition) is 2. The van der Waals surface area contributed by atoms with Gasteiger partial charge in [0.2, 0.25) is 0 Å². The van der Waals surface area contributed by atoms with Crippen LogP contribution in [-0.4, -0.2) is 60.8 Å². The van der Waals surface area contributed by atoms with Crippen LogP contribution in [0.15, 0.2) is 54.6 Å². The first-order chi connectivity index (χ1) is 20.9. The average Bonchev–Trinajstić information content (AvgIpc) is 3.44. The zero-order valence-electron chi connectivity index (χ0n) is 24.5. The first-order valence-electron chi connectivity index (χ1n) is 15.3. The van der Waals surface area contributed by atoms with Crippen LogP contribution in [0.5, 0.6) is 5.75 Å². The van der Waals surface area contributed by atoms with Crippen molar-refractivity contribution < 1.29 is 14.6 Å². The molecule has 1 amide bonds. The molecular weight excluding hydrogens is 540 g/mol. The van der Waals surface area contributed by atoms with Gasteiger partial charge in [-0.2, -0.15) is 0 Å². The second-order valence-electron chi connectivity index (χ2n) is 12.5. The normalized spacial score (nSPS) is 21.4. The second kappa shape index (κ2) is 9.92. The van der Waals surface area contributed by atoms with Gasteiger partial charge in [-0.3, -0.25) is 4.79 Å². The lowest BCUT2D eigenvalue weighted by Gasteiger charge is -2.27. The quantitative estimate of drug-likeness (QED) is 0.290. The fourth-order valence-electron chi connectivity index (χ4n) is 7.26. The predicted octanol–water partition coefficient (Wildman–Crippen LogP) is 4.73. The smallest absolute Gasteiger partial charge is 0.254 e. The molecule has 43 heavy (non-hydrogen) atoms. The molecule has 9 heteroatoms. The van der Waals surface area contributed by atoms with Crippen molar-refractivity contribution in [3.8, 4) is 28.5 Å². The Balaban J connectivity index is 1.23. The van der Waals surface area contributed by atoms with Gasteiger partial charge in [-0.05, 0) is 73.4 Å². The largest absolute Gasteiger partial charge is 0.494 e. The standard InChI is InChI=1S/C34H36N6O3/c1-38-31-26(13-24(15-29(31)43-2)34(42)40-17-23-10-12-27(40)30(23)35)37-33(38)28-14-22-9-11-25(21-7-5-20(18-41)6-8-21)36-32(22)39(28)16-19-3-4-19/h5-9,11,13-15,19,23,27,30,41H,3-4,10,12,16-18,35H2,1-2H3/t23?,27?,30-/m1/s1. The number of aryl methyl sites for hydroxylation is 1. The number of aliphatic hydroxyl groups is 1. The molecule has 4 heterocycles. The van der Waals surface area contributed by atoms with E-state index in [1.807, 2.05) is 54.4 Å². The molecule has 2 unspecified atom stereocenters. The van der Waals surface area contributed by atoms with Crippen molar-refractivity contribution in [3.63, 3.8) is 0 Å². The average molecular weight is 577 g/mol. The van der Waals surface area contributed by atoms with Crippen molar-refractivity contribution in [1.82, 2.24) is 24.0 Å². The summed E-state index contributed by atoms with van der Waals surface area (Å²) < 4.78 is 10.2. The number of methoxy groups -OCH3 is 1. The summed E-state index contributed by atoms with van der Waals surface area (Å²) in [7, 11) is 3.65. The molecule has 220 valence electrons. The Morgan fingerprint density at radius 1 is 1.05 bits per heavy atom. The lowest BCUT2D eigenvalue weighted by molar-refractivity contribution is 0.0700. The molecule has 9 nitrogen and oxygen atoms in total. The molecule has 1 aliphatic heterocycles. The monoisotopic (exact) mass is 576 g/mol. The predicted molar refractivity (Wildman–Crippen MR) is 166 cm³/mol. The Bertz CT molecular complexity index is 1890. The van der Waals surface area contributed by atoms with Gasteiger partial charge in [-0.1, -0.05) is 24.3 Å². The van der Waals surface area contributed by atoms with Gasteiger partial charge in [0.1, 0.15) is 16.9 Å². The number of rotatable bonds is 7. The number of nitrogens with zero attached hydrogens (tertiary/aromatic N) is 5. The maximum absolute atomic E-state index is 13.7. The summed E-state index contributed by atoms with van der Waals surface area (Å²) in [4.78, 5) is 25.9. The molecule has 0 radical (unpaired) electrons. The number of aliphatic hydroxyl groups excluding tert-OH is 1. The summed E-state index contributed by atoms with van der Waals surface area (Å²) in [5.41, 5.74) is 13.3. The first-order valence-corrected chi connectivity index (χ1v) is 15.3. The third-order valence-corrected chi connectivity index (χ3v) is 9.86. The highest BCUT2D eigenvalue weighted by Crippen LogP contribution is 2.40. The number of likely N-dealkylation sites (tertiary alicyclic amines) is 1. The molecule has 2 bridgehead atoms. The van der Waals surface area contributed by atoms with Crippen LogP contribution in [0, 0.1) is 11.8 Å². The van der Waals surface area contributed by atoms with E-state index in [0.29, 0.717) is 23.1 Å². The lowest BCUT2D eigenvalue weighted by Crippen LogP contribution is -2.41. The molecule has 2 aromatic carbocycles. The van der Waals surface area contributed by atoms with Gasteiger partial charge in [0.05, 0.1) is 30.6 Å². The SMILES string of the molecule is COc1cc(C(=O)N2CC3CCC2[C@@H]3N)cc2nc(-c3cc4ccc(-c5ccc(CO)cc5)nc4n3CC3CC3)n(C)c12. The Labute approximate surface area is 249 Å². The first kappa shape index (κ1) is 26.4. The van der Waals surface area contributed by atoms with Gasteiger partial charge in [0.15, 0.2) is 5.82 Å². The van der Waals surface area contributed by atoms with Crippen molar-refractivity contribution >= 4 is 28.0 Å². The molecule has 8 rings (SSSR count). The Hall–Kier alpha value is -4.21. The van der Waals surface area contributed by atoms with Crippen LogP contribution in [0.3, 0.4) is 0 Å². The number of carbonyl (C=O) groups excluding carboxylic acids is 1. The molecule has 3 fully saturated rings. The van der Waals surface area contributed by atoms with Crippen LogP contribution in [0.4, 0.5) is 0 Å². The number of aromatic nitrogens is 4. The minimum Gasteiger partial charge on any atom is -0.494 e. The fourth-order valence-corrected chi connectivity index (χ4v) is 7.26. The summed E-state index contributed by atoms with van der Waals surface area (Å²) in [5.74, 6) is 2.46. The van der Waals surface area contributed by atoms with E-state index in [1.54, 1.807) is 7.11 Å². The number of piperidine rings is 1. The van der Waals surface area contributed by atoms with Gasteiger partial charge in [0.25, 0.3) is 5.91 Å². The minimum absolute atomic E-state index is 0.00153. The fraction of sp³-hybridized carbons (Fsp3) is 0.382. The number of benzene rings is 2. The number of carbonyl (C=O) groups is 1. The minimum atomic E-state index is 0.00153. The summed E-state index contributed by atoms with van der Waals surface area (Å²) in [5, 5.41) is 10.5. The maximum Gasteiger partial charge on any atom is 0.254 e. The Morgan fingerprint density at radius 3 is 2.53 bits per heavy atom. The number of hydrogen-bond acceptors (Lipinski definition) is 6. The molecule has 2 saturated carbocycles. The summed E-state index contributed by atoms with van der Waals surface area (Å²) in [6.45, 7) is 1.62. The molecule has 2 aliphatic carbocycles. The molecular formula is C34H36N6O3. The van der Waals surface area contributed by atoms with Crippen molar-refractivity contribution in [3.05, 3.63) is 65.7 Å². The number of ether oxygens (including phenoxy) is 1. The van der Waals surface area contributed by atoms with E-state index in [4.69, 9.17) is 20.4 Å². The number of fused-ring (bicyclic) bond motifs is 4. The van der Waals surface area contributed by atoms with Crippen LogP contribution in [0.25, 0.3) is 44.8 Å². The molecule has 3 N–H and O–H groups in total. The van der Waals surface area contributed by atoms with Gasteiger partial charge in [0, 0.05) is 48.7 Å². The van der Waals surface area contributed by atoms with Crippen molar-refractivity contribution in [2.75, 3.05) is 13.7 Å². The molecule has 3 atom stereocenters. The van der Waals surface area contributed by atoms with Crippen LogP contribution in [0.2, 0.25) is 0 Å². The lowest BCUT2D eigenvalue weighted by atomic mass is 10.1. The van der Waals surface area contributed by atoms with Crippen LogP contribution in [-0.2, 0) is 20.2 Å².